The van der Waals surface area contributed by atoms with Crippen LogP contribution in [0.5, 0.6) is 0 Å². The van der Waals surface area contributed by atoms with Crippen LogP contribution in [-0.4, -0.2) is 23.9 Å². The lowest BCUT2D eigenvalue weighted by Crippen LogP contribution is -2.48. The second-order valence-electron chi connectivity index (χ2n) is 4.80. The van der Waals surface area contributed by atoms with E-state index in [1.54, 1.807) is 0 Å². The molecule has 1 aromatic carbocycles. The summed E-state index contributed by atoms with van der Waals surface area (Å²) in [6, 6.07) is 5.68. The number of nitro groups is 1. The van der Waals surface area contributed by atoms with Gasteiger partial charge in [-0.3, -0.25) is 14.9 Å². The molecule has 0 spiro atoms. The summed E-state index contributed by atoms with van der Waals surface area (Å²) >= 11 is 0. The number of rotatable bonds is 4. The number of nitro benzene ring substituents is 1. The van der Waals surface area contributed by atoms with E-state index < -0.39 is 4.92 Å². The third-order valence-corrected chi connectivity index (χ3v) is 3.53. The van der Waals surface area contributed by atoms with Crippen LogP contribution in [0.3, 0.4) is 0 Å². The van der Waals surface area contributed by atoms with Crippen LogP contribution in [0.15, 0.2) is 18.2 Å². The summed E-state index contributed by atoms with van der Waals surface area (Å²) in [5, 5.41) is 25.4. The second-order valence-corrected chi connectivity index (χ2v) is 4.80. The maximum absolute atomic E-state index is 12.1. The Morgan fingerprint density at radius 1 is 1.60 bits per heavy atom. The average molecular weight is 274 g/mol. The van der Waals surface area contributed by atoms with E-state index in [1.165, 1.54) is 12.1 Å². The molecule has 0 radical (unpaired) electrons. The van der Waals surface area contributed by atoms with Crippen molar-refractivity contribution in [1.29, 1.82) is 5.26 Å². The fourth-order valence-corrected chi connectivity index (χ4v) is 1.97. The molecule has 0 aromatic heterocycles. The van der Waals surface area contributed by atoms with Crippen molar-refractivity contribution in [2.75, 3.05) is 18.4 Å². The van der Waals surface area contributed by atoms with Crippen LogP contribution in [0.1, 0.15) is 12.5 Å². The Balaban J connectivity index is 2.14. The predicted octanol–water partition coefficient (Wildman–Crippen LogP) is 1.26. The number of carbonyl (C=O) groups excluding carboxylic acids is 1. The van der Waals surface area contributed by atoms with Crippen molar-refractivity contribution < 1.29 is 9.72 Å². The van der Waals surface area contributed by atoms with Gasteiger partial charge in [-0.25, -0.2) is 0 Å². The molecule has 1 saturated heterocycles. The summed E-state index contributed by atoms with van der Waals surface area (Å²) < 4.78 is 0. The Kier molecular flexibility index (Phi) is 3.96. The largest absolute Gasteiger partial charge is 0.325 e. The van der Waals surface area contributed by atoms with E-state index in [1.807, 2.05) is 13.0 Å². The van der Waals surface area contributed by atoms with Gasteiger partial charge in [-0.05, 0) is 25.1 Å². The Bertz CT molecular complexity index is 590. The van der Waals surface area contributed by atoms with E-state index in [0.29, 0.717) is 11.6 Å². The lowest BCUT2D eigenvalue weighted by molar-refractivity contribution is -0.384. The van der Waals surface area contributed by atoms with Crippen LogP contribution in [-0.2, 0) is 4.79 Å². The number of nitrogens with one attached hydrogen (secondary N) is 2. The van der Waals surface area contributed by atoms with Gasteiger partial charge in [-0.2, -0.15) is 5.26 Å². The molecule has 1 aliphatic heterocycles. The van der Waals surface area contributed by atoms with Gasteiger partial charge in [0.25, 0.3) is 5.69 Å². The first kappa shape index (κ1) is 14.0. The molecule has 1 unspecified atom stereocenters. The van der Waals surface area contributed by atoms with Crippen molar-refractivity contribution in [3.63, 3.8) is 0 Å². The minimum absolute atomic E-state index is 0.0893. The minimum atomic E-state index is -0.574. The molecule has 0 bridgehead atoms. The Morgan fingerprint density at radius 3 is 2.80 bits per heavy atom. The quantitative estimate of drug-likeness (QED) is 0.634. The zero-order chi connectivity index (χ0) is 14.7. The summed E-state index contributed by atoms with van der Waals surface area (Å²) in [6.45, 7) is 3.44. The van der Waals surface area contributed by atoms with Gasteiger partial charge in [0.2, 0.25) is 5.91 Å². The Morgan fingerprint density at radius 2 is 2.30 bits per heavy atom. The number of benzene rings is 1. The highest BCUT2D eigenvalue weighted by Gasteiger charge is 2.29. The van der Waals surface area contributed by atoms with Crippen molar-refractivity contribution in [3.8, 4) is 6.07 Å². The first-order valence-electron chi connectivity index (χ1n) is 6.23. The monoisotopic (exact) mass is 274 g/mol. The zero-order valence-corrected chi connectivity index (χ0v) is 10.9. The summed E-state index contributed by atoms with van der Waals surface area (Å²) in [4.78, 5) is 22.1. The van der Waals surface area contributed by atoms with Crippen LogP contribution in [0, 0.1) is 33.3 Å². The van der Waals surface area contributed by atoms with Crippen LogP contribution in [0.4, 0.5) is 11.4 Å². The molecule has 104 valence electrons. The van der Waals surface area contributed by atoms with Gasteiger partial charge in [0.15, 0.2) is 0 Å². The van der Waals surface area contributed by atoms with Crippen molar-refractivity contribution in [3.05, 3.63) is 33.9 Å². The molecular formula is C13H14N4O3. The highest BCUT2D eigenvalue weighted by atomic mass is 16.6. The molecule has 0 aliphatic carbocycles. The SMILES string of the molecule is CC(C(=O)Nc1ccc([N+](=O)[O-])cc1C#N)C1CNC1. The Labute approximate surface area is 115 Å². The van der Waals surface area contributed by atoms with E-state index in [2.05, 4.69) is 10.6 Å². The summed E-state index contributed by atoms with van der Waals surface area (Å²) in [7, 11) is 0. The normalized spacial score (nSPS) is 15.8. The number of hydrogen-bond acceptors (Lipinski definition) is 5. The molecule has 1 amide bonds. The van der Waals surface area contributed by atoms with Gasteiger partial charge in [-0.1, -0.05) is 6.92 Å². The number of nitrogens with zero attached hydrogens (tertiary/aromatic N) is 2. The molecule has 7 nitrogen and oxygen atoms in total. The van der Waals surface area contributed by atoms with Gasteiger partial charge < -0.3 is 10.6 Å². The topological polar surface area (TPSA) is 108 Å². The predicted molar refractivity (Wildman–Crippen MR) is 72.0 cm³/mol. The van der Waals surface area contributed by atoms with Crippen LogP contribution < -0.4 is 10.6 Å². The molecule has 1 fully saturated rings. The highest BCUT2D eigenvalue weighted by molar-refractivity contribution is 5.94. The summed E-state index contributed by atoms with van der Waals surface area (Å²) in [5.74, 6) is -0.0570. The zero-order valence-electron chi connectivity index (χ0n) is 10.9. The molecular weight excluding hydrogens is 260 g/mol. The van der Waals surface area contributed by atoms with Crippen molar-refractivity contribution in [2.45, 2.75) is 6.92 Å². The standard InChI is InChI=1S/C13H14N4O3/c1-8(10-6-15-7-10)13(18)16-12-3-2-11(17(19)20)4-9(12)5-14/h2-4,8,10,15H,6-7H2,1H3,(H,16,18). The molecule has 2 N–H and O–H groups in total. The summed E-state index contributed by atoms with van der Waals surface area (Å²) in [5.41, 5.74) is 0.226. The first-order valence-corrected chi connectivity index (χ1v) is 6.23. The van der Waals surface area contributed by atoms with Crippen LogP contribution >= 0.6 is 0 Å². The maximum atomic E-state index is 12.1. The molecule has 0 saturated carbocycles. The molecule has 1 heterocycles. The maximum Gasteiger partial charge on any atom is 0.270 e. The number of anilines is 1. The van der Waals surface area contributed by atoms with E-state index in [4.69, 9.17) is 5.26 Å². The highest BCUT2D eigenvalue weighted by Crippen LogP contribution is 2.23. The number of non-ortho nitro benzene ring substituents is 1. The smallest absolute Gasteiger partial charge is 0.270 e. The number of carbonyl (C=O) groups is 1. The lowest BCUT2D eigenvalue weighted by atomic mass is 9.88. The van der Waals surface area contributed by atoms with Crippen LogP contribution in [0.25, 0.3) is 0 Å². The summed E-state index contributed by atoms with van der Waals surface area (Å²) in [6.07, 6.45) is 0. The van der Waals surface area contributed by atoms with Gasteiger partial charge in [0.05, 0.1) is 16.2 Å². The molecule has 7 heteroatoms. The number of amides is 1. The van der Waals surface area contributed by atoms with Crippen molar-refractivity contribution in [1.82, 2.24) is 5.32 Å². The molecule has 2 rings (SSSR count). The number of hydrogen-bond donors (Lipinski definition) is 2. The molecule has 1 atom stereocenters. The second kappa shape index (κ2) is 5.67. The van der Waals surface area contributed by atoms with Crippen molar-refractivity contribution in [2.24, 2.45) is 11.8 Å². The average Bonchev–Trinajstić information content (AvgIpc) is 2.36. The van der Waals surface area contributed by atoms with E-state index in [0.717, 1.165) is 19.2 Å². The minimum Gasteiger partial charge on any atom is -0.325 e. The third kappa shape index (κ3) is 2.75. The lowest BCUT2D eigenvalue weighted by Gasteiger charge is -2.31. The fourth-order valence-electron chi connectivity index (χ4n) is 1.97. The first-order chi connectivity index (χ1) is 9.52. The van der Waals surface area contributed by atoms with Gasteiger partial charge in [0.1, 0.15) is 6.07 Å². The van der Waals surface area contributed by atoms with E-state index in [9.17, 15) is 14.9 Å². The van der Waals surface area contributed by atoms with Gasteiger partial charge in [0, 0.05) is 18.1 Å². The molecule has 1 aliphatic rings. The van der Waals surface area contributed by atoms with Crippen molar-refractivity contribution >= 4 is 17.3 Å². The fraction of sp³-hybridized carbons (Fsp3) is 0.385. The Hall–Kier alpha value is -2.46. The van der Waals surface area contributed by atoms with E-state index in [-0.39, 0.29) is 23.1 Å². The van der Waals surface area contributed by atoms with Crippen LogP contribution in [0.2, 0.25) is 0 Å². The molecule has 20 heavy (non-hydrogen) atoms. The third-order valence-electron chi connectivity index (χ3n) is 3.53. The molecule has 1 aromatic rings. The number of nitriles is 1. The van der Waals surface area contributed by atoms with Gasteiger partial charge >= 0.3 is 0 Å². The van der Waals surface area contributed by atoms with E-state index >= 15 is 0 Å². The van der Waals surface area contributed by atoms with Gasteiger partial charge in [-0.15, -0.1) is 0 Å².